The van der Waals surface area contributed by atoms with Gasteiger partial charge in [-0.25, -0.2) is 4.98 Å². The molecule has 1 aliphatic heterocycles. The van der Waals surface area contributed by atoms with Crippen molar-refractivity contribution in [1.29, 1.82) is 0 Å². The molecule has 1 atom stereocenters. The lowest BCUT2D eigenvalue weighted by atomic mass is 10.1. The summed E-state index contributed by atoms with van der Waals surface area (Å²) in [7, 11) is 0. The third-order valence-corrected chi connectivity index (χ3v) is 2.92. The number of hydrogen-bond acceptors (Lipinski definition) is 3. The van der Waals surface area contributed by atoms with Gasteiger partial charge in [0.2, 0.25) is 0 Å². The molecule has 2 rings (SSSR count). The van der Waals surface area contributed by atoms with Crippen molar-refractivity contribution in [2.45, 2.75) is 25.4 Å². The number of nitrogens with zero attached hydrogens (tertiary/aromatic N) is 1. The average molecular weight is 285 g/mol. The Morgan fingerprint density at radius 1 is 1.50 bits per heavy atom. The first-order chi connectivity index (χ1) is 7.75. The Bertz CT molecular complexity index is 361. The molecule has 1 N–H and O–H groups in total. The van der Waals surface area contributed by atoms with Gasteiger partial charge in [-0.3, -0.25) is 4.79 Å². The number of ether oxygens (including phenoxy) is 1. The van der Waals surface area contributed by atoms with Crippen molar-refractivity contribution in [1.82, 2.24) is 4.98 Å². The van der Waals surface area contributed by atoms with Crippen LogP contribution in [0, 0.1) is 0 Å². The van der Waals surface area contributed by atoms with E-state index in [0.717, 1.165) is 23.7 Å². The van der Waals surface area contributed by atoms with Gasteiger partial charge >= 0.3 is 0 Å². The van der Waals surface area contributed by atoms with Gasteiger partial charge in [-0.05, 0) is 47.3 Å². The van der Waals surface area contributed by atoms with Crippen molar-refractivity contribution in [3.8, 4) is 0 Å². The van der Waals surface area contributed by atoms with E-state index < -0.39 is 0 Å². The van der Waals surface area contributed by atoms with Gasteiger partial charge in [0, 0.05) is 17.3 Å². The molecule has 1 aromatic heterocycles. The molecule has 1 fully saturated rings. The average Bonchev–Trinajstić information content (AvgIpc) is 2.33. The molecule has 1 saturated heterocycles. The summed E-state index contributed by atoms with van der Waals surface area (Å²) in [5, 5.41) is 2.74. The molecule has 4 nitrogen and oxygen atoms in total. The summed E-state index contributed by atoms with van der Waals surface area (Å²) in [4.78, 5) is 15.8. The van der Waals surface area contributed by atoms with Crippen molar-refractivity contribution in [2.24, 2.45) is 0 Å². The molecule has 0 aliphatic carbocycles. The highest BCUT2D eigenvalue weighted by Gasteiger charge is 2.21. The zero-order chi connectivity index (χ0) is 11.4. The van der Waals surface area contributed by atoms with Crippen LogP contribution in [0.1, 0.15) is 19.3 Å². The predicted molar refractivity (Wildman–Crippen MR) is 64.2 cm³/mol. The van der Waals surface area contributed by atoms with Crippen molar-refractivity contribution in [2.75, 3.05) is 11.9 Å². The van der Waals surface area contributed by atoms with Gasteiger partial charge in [-0.15, -0.1) is 0 Å². The minimum atomic E-state index is -0.320. The molecule has 2 heterocycles. The van der Waals surface area contributed by atoms with Crippen molar-refractivity contribution < 1.29 is 9.53 Å². The fourth-order valence-electron chi connectivity index (χ4n) is 1.60. The third-order valence-electron chi connectivity index (χ3n) is 2.45. The zero-order valence-electron chi connectivity index (χ0n) is 8.78. The second-order valence-electron chi connectivity index (χ2n) is 3.71. The van der Waals surface area contributed by atoms with Crippen molar-refractivity contribution in [3.05, 3.63) is 22.8 Å². The quantitative estimate of drug-likeness (QED) is 0.907. The number of halogens is 1. The van der Waals surface area contributed by atoms with Crippen LogP contribution < -0.4 is 5.32 Å². The molecule has 0 saturated carbocycles. The normalized spacial score (nSPS) is 20.4. The smallest absolute Gasteiger partial charge is 0.254 e. The molecule has 0 aromatic carbocycles. The van der Waals surface area contributed by atoms with Gasteiger partial charge in [0.15, 0.2) is 0 Å². The molecular formula is C11H13BrN2O2. The van der Waals surface area contributed by atoms with Crippen molar-refractivity contribution in [3.63, 3.8) is 0 Å². The van der Waals surface area contributed by atoms with Crippen LogP contribution in [0.3, 0.4) is 0 Å². The Kier molecular flexibility index (Phi) is 3.90. The van der Waals surface area contributed by atoms with Crippen LogP contribution in [0.4, 0.5) is 5.82 Å². The highest BCUT2D eigenvalue weighted by molar-refractivity contribution is 9.10. The number of amides is 1. The molecule has 5 heteroatoms. The molecule has 1 unspecified atom stereocenters. The molecule has 1 aromatic rings. The molecule has 0 bridgehead atoms. The number of pyridine rings is 1. The number of rotatable bonds is 2. The van der Waals surface area contributed by atoms with Gasteiger partial charge in [-0.1, -0.05) is 0 Å². The van der Waals surface area contributed by atoms with E-state index in [4.69, 9.17) is 4.74 Å². The lowest BCUT2D eigenvalue weighted by molar-refractivity contribution is -0.130. The summed E-state index contributed by atoms with van der Waals surface area (Å²) in [6.07, 6.45) is 4.21. The third kappa shape index (κ3) is 3.02. The Hall–Kier alpha value is -0.940. The Balaban J connectivity index is 1.93. The summed E-state index contributed by atoms with van der Waals surface area (Å²) in [5.41, 5.74) is 0. The molecule has 0 spiro atoms. The van der Waals surface area contributed by atoms with E-state index in [1.54, 1.807) is 12.3 Å². The number of carbonyl (C=O) groups is 1. The van der Waals surface area contributed by atoms with E-state index in [0.29, 0.717) is 12.4 Å². The molecule has 86 valence electrons. The summed E-state index contributed by atoms with van der Waals surface area (Å²) in [5.74, 6) is 0.455. The topological polar surface area (TPSA) is 51.2 Å². The molecule has 16 heavy (non-hydrogen) atoms. The second-order valence-corrected chi connectivity index (χ2v) is 4.62. The molecule has 1 amide bonds. The Morgan fingerprint density at radius 3 is 3.00 bits per heavy atom. The first kappa shape index (κ1) is 11.5. The monoisotopic (exact) mass is 284 g/mol. The summed E-state index contributed by atoms with van der Waals surface area (Å²) < 4.78 is 6.27. The lowest BCUT2D eigenvalue weighted by Gasteiger charge is -2.21. The highest BCUT2D eigenvalue weighted by atomic mass is 79.9. The standard InChI is InChI=1S/C11H13BrN2O2/c12-8-4-5-10(13-7-8)14-11(15)9-3-1-2-6-16-9/h4-5,7,9H,1-3,6H2,(H,13,14,15). The second kappa shape index (κ2) is 5.41. The van der Waals surface area contributed by atoms with Gasteiger partial charge in [0.25, 0.3) is 5.91 Å². The largest absolute Gasteiger partial charge is 0.368 e. The first-order valence-corrected chi connectivity index (χ1v) is 6.09. The first-order valence-electron chi connectivity index (χ1n) is 5.30. The van der Waals surface area contributed by atoms with Gasteiger partial charge in [0.05, 0.1) is 0 Å². The van der Waals surface area contributed by atoms with E-state index in [-0.39, 0.29) is 12.0 Å². The number of hydrogen-bond donors (Lipinski definition) is 1. The minimum Gasteiger partial charge on any atom is -0.368 e. The number of anilines is 1. The fourth-order valence-corrected chi connectivity index (χ4v) is 1.84. The van der Waals surface area contributed by atoms with E-state index >= 15 is 0 Å². The highest BCUT2D eigenvalue weighted by Crippen LogP contribution is 2.15. The van der Waals surface area contributed by atoms with E-state index in [1.165, 1.54) is 0 Å². The van der Waals surface area contributed by atoms with Gasteiger partial charge < -0.3 is 10.1 Å². The molecule has 1 aliphatic rings. The van der Waals surface area contributed by atoms with Crippen LogP contribution in [0.25, 0.3) is 0 Å². The van der Waals surface area contributed by atoms with E-state index in [9.17, 15) is 4.79 Å². The maximum Gasteiger partial charge on any atom is 0.254 e. The van der Waals surface area contributed by atoms with Gasteiger partial charge in [0.1, 0.15) is 11.9 Å². The van der Waals surface area contributed by atoms with Crippen LogP contribution in [-0.2, 0) is 9.53 Å². The lowest BCUT2D eigenvalue weighted by Crippen LogP contribution is -2.33. The van der Waals surface area contributed by atoms with Gasteiger partial charge in [-0.2, -0.15) is 0 Å². The maximum atomic E-state index is 11.8. The Morgan fingerprint density at radius 2 is 2.38 bits per heavy atom. The summed E-state index contributed by atoms with van der Waals surface area (Å²) in [6, 6.07) is 3.59. The number of carbonyl (C=O) groups excluding carboxylic acids is 1. The fraction of sp³-hybridized carbons (Fsp3) is 0.455. The van der Waals surface area contributed by atoms with Crippen LogP contribution in [0.5, 0.6) is 0 Å². The van der Waals surface area contributed by atoms with E-state index in [1.807, 2.05) is 6.07 Å². The Labute approximate surface area is 103 Å². The van der Waals surface area contributed by atoms with Crippen LogP contribution in [0.15, 0.2) is 22.8 Å². The summed E-state index contributed by atoms with van der Waals surface area (Å²) >= 11 is 3.29. The SMILES string of the molecule is O=C(Nc1ccc(Br)cn1)C1CCCCO1. The van der Waals surface area contributed by atoms with Crippen LogP contribution in [-0.4, -0.2) is 23.6 Å². The predicted octanol–water partition coefficient (Wildman–Crippen LogP) is 2.35. The zero-order valence-corrected chi connectivity index (χ0v) is 10.4. The summed E-state index contributed by atoms with van der Waals surface area (Å²) in [6.45, 7) is 0.672. The van der Waals surface area contributed by atoms with Crippen LogP contribution >= 0.6 is 15.9 Å². The van der Waals surface area contributed by atoms with Crippen molar-refractivity contribution >= 4 is 27.7 Å². The number of nitrogens with one attached hydrogen (secondary N) is 1. The number of aromatic nitrogens is 1. The minimum absolute atomic E-state index is 0.102. The van der Waals surface area contributed by atoms with Crippen LogP contribution in [0.2, 0.25) is 0 Å². The van der Waals surface area contributed by atoms with E-state index in [2.05, 4.69) is 26.2 Å². The molecule has 0 radical (unpaired) electrons. The maximum absolute atomic E-state index is 11.8. The molecular weight excluding hydrogens is 272 g/mol.